The van der Waals surface area contributed by atoms with Crippen molar-refractivity contribution in [2.24, 2.45) is 5.41 Å². The third-order valence-corrected chi connectivity index (χ3v) is 10.4. The average Bonchev–Trinajstić information content (AvgIpc) is 3.45. The molecule has 4 aromatic rings. The molecule has 2 aromatic carbocycles. The fraction of sp³-hybridized carbons (Fsp3) is 0.514. The Labute approximate surface area is 262 Å². The number of phenols is 1. The maximum Gasteiger partial charge on any atom is 0.319 e. The van der Waals surface area contributed by atoms with E-state index in [4.69, 9.17) is 9.72 Å². The number of piperidine rings is 2. The summed E-state index contributed by atoms with van der Waals surface area (Å²) in [5.74, 6) is -0.695. The Morgan fingerprint density at radius 3 is 2.67 bits per heavy atom. The second-order valence-corrected chi connectivity index (χ2v) is 13.6. The van der Waals surface area contributed by atoms with E-state index in [0.717, 1.165) is 45.1 Å². The highest BCUT2D eigenvalue weighted by Crippen LogP contribution is 2.47. The second-order valence-electron chi connectivity index (χ2n) is 13.6. The van der Waals surface area contributed by atoms with Crippen LogP contribution in [0.1, 0.15) is 64.4 Å². The van der Waals surface area contributed by atoms with Gasteiger partial charge in [0, 0.05) is 36.3 Å². The predicted octanol–water partition coefficient (Wildman–Crippen LogP) is 6.39. The highest BCUT2D eigenvalue weighted by Gasteiger charge is 2.47. The first-order valence-electron chi connectivity index (χ1n) is 16.2. The van der Waals surface area contributed by atoms with E-state index < -0.39 is 17.2 Å². The molecule has 0 bridgehead atoms. The van der Waals surface area contributed by atoms with Crippen LogP contribution >= 0.6 is 0 Å². The lowest BCUT2D eigenvalue weighted by Gasteiger charge is -2.44. The molecule has 3 aliphatic rings. The summed E-state index contributed by atoms with van der Waals surface area (Å²) in [6.07, 6.45) is 8.85. The Balaban J connectivity index is 1.38. The Bertz CT molecular complexity index is 1780. The van der Waals surface area contributed by atoms with E-state index in [-0.39, 0.29) is 28.4 Å². The molecular formula is C35H41F2N5O3. The van der Waals surface area contributed by atoms with Crippen molar-refractivity contribution in [3.63, 3.8) is 0 Å². The van der Waals surface area contributed by atoms with Gasteiger partial charge < -0.3 is 24.7 Å². The van der Waals surface area contributed by atoms with E-state index >= 15 is 4.39 Å². The molecule has 3 fully saturated rings. The Hall–Kier alpha value is -3.63. The Kier molecular flexibility index (Phi) is 7.55. The van der Waals surface area contributed by atoms with Crippen LogP contribution < -0.4 is 9.64 Å². The number of phenolic OH excluding ortho intramolecular Hbond substituents is 1. The molecule has 3 atom stereocenters. The van der Waals surface area contributed by atoms with Gasteiger partial charge in [0.15, 0.2) is 5.82 Å². The van der Waals surface area contributed by atoms with Crippen LogP contribution in [0.4, 0.5) is 14.6 Å². The number of nitrogens with zero attached hydrogens (tertiary/aromatic N) is 5. The number of aliphatic hydroxyl groups is 1. The van der Waals surface area contributed by atoms with Gasteiger partial charge in [-0.1, -0.05) is 19.4 Å². The summed E-state index contributed by atoms with van der Waals surface area (Å²) < 4.78 is 38.2. The molecule has 4 heterocycles. The summed E-state index contributed by atoms with van der Waals surface area (Å²) in [7, 11) is 2.18. The number of hydrogen-bond acceptors (Lipinski definition) is 8. The first-order valence-corrected chi connectivity index (χ1v) is 16.2. The number of aromatic hydroxyl groups is 1. The molecule has 2 aliphatic heterocycles. The van der Waals surface area contributed by atoms with Crippen molar-refractivity contribution in [1.82, 2.24) is 19.9 Å². The monoisotopic (exact) mass is 617 g/mol. The van der Waals surface area contributed by atoms with Gasteiger partial charge in [-0.25, -0.2) is 8.78 Å². The minimum absolute atomic E-state index is 0.00331. The zero-order chi connectivity index (χ0) is 31.5. The summed E-state index contributed by atoms with van der Waals surface area (Å²) in [6, 6.07) is 6.45. The largest absolute Gasteiger partial charge is 0.508 e. The lowest BCUT2D eigenvalue weighted by molar-refractivity contribution is 0.0132. The molecule has 10 heteroatoms. The lowest BCUT2D eigenvalue weighted by Crippen LogP contribution is -2.50. The topological polar surface area (TPSA) is 94.8 Å². The van der Waals surface area contributed by atoms with E-state index in [1.54, 1.807) is 25.3 Å². The highest BCUT2D eigenvalue weighted by atomic mass is 19.1. The quantitative estimate of drug-likeness (QED) is 0.257. The maximum atomic E-state index is 16.8. The first-order chi connectivity index (χ1) is 21.6. The molecule has 8 nitrogen and oxygen atoms in total. The molecule has 0 amide bonds. The molecular weight excluding hydrogens is 576 g/mol. The van der Waals surface area contributed by atoms with Gasteiger partial charge in [0.2, 0.25) is 0 Å². The van der Waals surface area contributed by atoms with E-state index in [1.165, 1.54) is 12.1 Å². The molecule has 1 saturated carbocycles. The van der Waals surface area contributed by atoms with Crippen molar-refractivity contribution in [2.75, 3.05) is 38.2 Å². The molecule has 2 saturated heterocycles. The van der Waals surface area contributed by atoms with Crippen LogP contribution in [-0.4, -0.2) is 75.0 Å². The van der Waals surface area contributed by atoms with Crippen molar-refractivity contribution >= 4 is 27.5 Å². The third kappa shape index (κ3) is 5.25. The van der Waals surface area contributed by atoms with Crippen molar-refractivity contribution < 1.29 is 23.7 Å². The van der Waals surface area contributed by atoms with Gasteiger partial charge >= 0.3 is 6.01 Å². The summed E-state index contributed by atoms with van der Waals surface area (Å²) in [5, 5.41) is 23.0. The second kappa shape index (κ2) is 11.3. The average molecular weight is 618 g/mol. The van der Waals surface area contributed by atoms with Crippen LogP contribution in [0.25, 0.3) is 32.9 Å². The third-order valence-electron chi connectivity index (χ3n) is 10.4. The normalized spacial score (nSPS) is 25.6. The molecule has 7 rings (SSSR count). The molecule has 3 unspecified atom stereocenters. The molecule has 0 radical (unpaired) electrons. The fourth-order valence-corrected chi connectivity index (χ4v) is 8.33. The van der Waals surface area contributed by atoms with Crippen LogP contribution in [-0.2, 0) is 6.42 Å². The van der Waals surface area contributed by atoms with Crippen molar-refractivity contribution in [2.45, 2.75) is 76.9 Å². The van der Waals surface area contributed by atoms with Gasteiger partial charge in [0.25, 0.3) is 0 Å². The van der Waals surface area contributed by atoms with E-state index in [0.29, 0.717) is 71.7 Å². The molecule has 1 aliphatic carbocycles. The zero-order valence-electron chi connectivity index (χ0n) is 26.2. The van der Waals surface area contributed by atoms with Crippen LogP contribution in [0.15, 0.2) is 30.5 Å². The van der Waals surface area contributed by atoms with Gasteiger partial charge in [0.05, 0.1) is 17.6 Å². The number of aryl methyl sites for hydroxylation is 1. The van der Waals surface area contributed by atoms with Crippen molar-refractivity contribution in [3.05, 3.63) is 47.7 Å². The number of pyridine rings is 1. The van der Waals surface area contributed by atoms with Crippen LogP contribution in [0.5, 0.6) is 11.8 Å². The number of rotatable bonds is 6. The number of hydrogen-bond donors (Lipinski definition) is 2. The summed E-state index contributed by atoms with van der Waals surface area (Å²) in [6.45, 7) is 6.13. The first kappa shape index (κ1) is 30.0. The molecule has 45 heavy (non-hydrogen) atoms. The van der Waals surface area contributed by atoms with Crippen molar-refractivity contribution in [1.29, 1.82) is 0 Å². The van der Waals surface area contributed by atoms with Crippen molar-refractivity contribution in [3.8, 4) is 23.0 Å². The number of fused-ring (bicyclic) bond motifs is 3. The smallest absolute Gasteiger partial charge is 0.319 e. The van der Waals surface area contributed by atoms with Gasteiger partial charge in [-0.15, -0.1) is 0 Å². The van der Waals surface area contributed by atoms with Crippen LogP contribution in [0.2, 0.25) is 0 Å². The van der Waals surface area contributed by atoms with E-state index in [1.807, 2.05) is 11.8 Å². The van der Waals surface area contributed by atoms with Gasteiger partial charge in [0.1, 0.15) is 28.6 Å². The molecule has 0 spiro atoms. The van der Waals surface area contributed by atoms with Crippen LogP contribution in [0, 0.1) is 17.0 Å². The number of benzene rings is 2. The minimum atomic E-state index is -0.924. The number of likely N-dealkylation sites (tertiary alicyclic amines) is 1. The summed E-state index contributed by atoms with van der Waals surface area (Å²) >= 11 is 0. The van der Waals surface area contributed by atoms with E-state index in [2.05, 4.69) is 21.9 Å². The maximum absolute atomic E-state index is 16.8. The van der Waals surface area contributed by atoms with Gasteiger partial charge in [-0.3, -0.25) is 4.98 Å². The Morgan fingerprint density at radius 2 is 1.87 bits per heavy atom. The van der Waals surface area contributed by atoms with Gasteiger partial charge in [-0.2, -0.15) is 9.97 Å². The predicted molar refractivity (Wildman–Crippen MR) is 171 cm³/mol. The number of anilines is 1. The zero-order valence-corrected chi connectivity index (χ0v) is 26.2. The summed E-state index contributed by atoms with van der Waals surface area (Å²) in [4.78, 5) is 18.4. The number of ether oxygens (including phenoxy) is 1. The number of aromatic nitrogens is 3. The van der Waals surface area contributed by atoms with E-state index in [9.17, 15) is 14.6 Å². The SMILES string of the molecule is CCc1c(F)ccc2cc(O)cc(-c3ncc4c(N5CCCC(C)(O)C5)nc(OCC56CCCC5N(C)CCC6)nc4c3F)c12. The fourth-order valence-electron chi connectivity index (χ4n) is 8.33. The molecule has 2 aromatic heterocycles. The minimum Gasteiger partial charge on any atom is -0.508 e. The highest BCUT2D eigenvalue weighted by molar-refractivity contribution is 6.01. The number of β-amino-alcohol motifs (C(OH)–C–C–N with tert-alkyl or cyclic N) is 1. The van der Waals surface area contributed by atoms with Crippen LogP contribution in [0.3, 0.4) is 0 Å². The summed E-state index contributed by atoms with van der Waals surface area (Å²) in [5.41, 5.74) is -0.197. The standard InChI is InChI=1S/C35H41F2N5O3/c1-4-23-26(36)10-9-21-16-22(43)17-24(28(21)23)30-29(37)31-25(18-38-30)32(42-15-6-11-34(2,44)19-42)40-33(39-31)45-20-35-12-5-8-27(35)41(3)14-7-13-35/h9-10,16-18,27,43-44H,4-8,11-15,19-20H2,1-3H3. The number of halogens is 2. The van der Waals surface area contributed by atoms with Gasteiger partial charge in [-0.05, 0) is 100.0 Å². The molecule has 238 valence electrons. The Morgan fingerprint density at radius 1 is 1.07 bits per heavy atom. The molecule has 2 N–H and O–H groups in total. The lowest BCUT2D eigenvalue weighted by atomic mass is 9.76.